The summed E-state index contributed by atoms with van der Waals surface area (Å²) in [6.07, 6.45) is -0.516. The third-order valence-electron chi connectivity index (χ3n) is 4.56. The van der Waals surface area contributed by atoms with E-state index in [1.54, 1.807) is 17.9 Å². The fraction of sp³-hybridized carbons (Fsp3) is 0.474. The standard InChI is InChI=1S/C19H25N3O3/c1-13-8-14(2)10-16(9-13)17(23)12-21-4-6-22(7-5-21)19(24)18-11-15(3)20-25-18/h8-11,17,23H,4-7,12H2,1-3H3. The molecule has 6 heteroatoms. The second-order valence-corrected chi connectivity index (χ2v) is 6.86. The minimum atomic E-state index is -0.516. The molecule has 3 rings (SSSR count). The van der Waals surface area contributed by atoms with Gasteiger partial charge in [0.05, 0.1) is 11.8 Å². The third kappa shape index (κ3) is 4.27. The average molecular weight is 343 g/mol. The number of benzene rings is 1. The van der Waals surface area contributed by atoms with Crippen molar-refractivity contribution in [2.45, 2.75) is 26.9 Å². The van der Waals surface area contributed by atoms with Crippen molar-refractivity contribution in [2.75, 3.05) is 32.7 Å². The monoisotopic (exact) mass is 343 g/mol. The molecule has 0 saturated carbocycles. The van der Waals surface area contributed by atoms with Crippen molar-refractivity contribution in [3.05, 3.63) is 52.4 Å². The lowest BCUT2D eigenvalue weighted by atomic mass is 10.0. The topological polar surface area (TPSA) is 69.8 Å². The summed E-state index contributed by atoms with van der Waals surface area (Å²) in [5, 5.41) is 14.3. The van der Waals surface area contributed by atoms with Gasteiger partial charge < -0.3 is 14.5 Å². The molecule has 0 radical (unpaired) electrons. The number of nitrogens with zero attached hydrogens (tertiary/aromatic N) is 3. The number of aliphatic hydroxyl groups excluding tert-OH is 1. The smallest absolute Gasteiger partial charge is 0.292 e. The molecule has 2 heterocycles. The van der Waals surface area contributed by atoms with Crippen LogP contribution < -0.4 is 0 Å². The molecule has 0 spiro atoms. The lowest BCUT2D eigenvalue weighted by Crippen LogP contribution is -2.49. The number of amides is 1. The van der Waals surface area contributed by atoms with Gasteiger partial charge in [-0.3, -0.25) is 9.69 Å². The number of carbonyl (C=O) groups is 1. The largest absolute Gasteiger partial charge is 0.387 e. The van der Waals surface area contributed by atoms with E-state index in [9.17, 15) is 9.90 Å². The van der Waals surface area contributed by atoms with Crippen LogP contribution in [0.3, 0.4) is 0 Å². The van der Waals surface area contributed by atoms with Crippen molar-refractivity contribution in [2.24, 2.45) is 0 Å². The number of hydrogen-bond acceptors (Lipinski definition) is 5. The number of rotatable bonds is 4. The molecule has 0 aliphatic carbocycles. The van der Waals surface area contributed by atoms with Crippen molar-refractivity contribution < 1.29 is 14.4 Å². The number of aromatic nitrogens is 1. The predicted molar refractivity (Wildman–Crippen MR) is 94.5 cm³/mol. The molecule has 0 bridgehead atoms. The van der Waals surface area contributed by atoms with Gasteiger partial charge in [0.1, 0.15) is 0 Å². The van der Waals surface area contributed by atoms with Crippen LogP contribution >= 0.6 is 0 Å². The molecule has 134 valence electrons. The number of aliphatic hydroxyl groups is 1. The Morgan fingerprint density at radius 3 is 2.32 bits per heavy atom. The Hall–Kier alpha value is -2.18. The normalized spacial score (nSPS) is 16.9. The maximum absolute atomic E-state index is 12.4. The highest BCUT2D eigenvalue weighted by Crippen LogP contribution is 2.19. The second kappa shape index (κ2) is 7.37. The van der Waals surface area contributed by atoms with Gasteiger partial charge in [0.2, 0.25) is 5.76 Å². The van der Waals surface area contributed by atoms with Crippen LogP contribution in [0.15, 0.2) is 28.8 Å². The Balaban J connectivity index is 1.54. The zero-order valence-electron chi connectivity index (χ0n) is 15.0. The molecule has 1 saturated heterocycles. The van der Waals surface area contributed by atoms with Crippen LogP contribution in [-0.2, 0) is 0 Å². The molecular formula is C19H25N3O3. The van der Waals surface area contributed by atoms with Crippen molar-refractivity contribution in [3.8, 4) is 0 Å². The first-order valence-corrected chi connectivity index (χ1v) is 8.63. The van der Waals surface area contributed by atoms with Crippen molar-refractivity contribution >= 4 is 5.91 Å². The molecule has 2 aromatic rings. The van der Waals surface area contributed by atoms with E-state index in [4.69, 9.17) is 4.52 Å². The number of β-amino-alcohol motifs (C(OH)–C–C–N with tert-alkyl or cyclic N) is 1. The van der Waals surface area contributed by atoms with Gasteiger partial charge in [0, 0.05) is 38.8 Å². The average Bonchev–Trinajstić information content (AvgIpc) is 3.00. The number of piperazine rings is 1. The highest BCUT2D eigenvalue weighted by atomic mass is 16.5. The van der Waals surface area contributed by atoms with Gasteiger partial charge >= 0.3 is 0 Å². The maximum atomic E-state index is 12.4. The molecule has 1 unspecified atom stereocenters. The summed E-state index contributed by atoms with van der Waals surface area (Å²) >= 11 is 0. The SMILES string of the molecule is Cc1cc(C)cc(C(O)CN2CCN(C(=O)c3cc(C)no3)CC2)c1. The van der Waals surface area contributed by atoms with E-state index in [0.29, 0.717) is 31.1 Å². The molecular weight excluding hydrogens is 318 g/mol. The molecule has 25 heavy (non-hydrogen) atoms. The predicted octanol–water partition coefficient (Wildman–Crippen LogP) is 2.09. The molecule has 1 aromatic heterocycles. The molecule has 1 aliphatic rings. The first-order chi connectivity index (χ1) is 11.9. The molecule has 1 atom stereocenters. The van der Waals surface area contributed by atoms with E-state index in [0.717, 1.165) is 29.8 Å². The van der Waals surface area contributed by atoms with Crippen LogP contribution in [-0.4, -0.2) is 58.7 Å². The Morgan fingerprint density at radius 1 is 1.12 bits per heavy atom. The molecule has 1 aromatic carbocycles. The van der Waals surface area contributed by atoms with E-state index < -0.39 is 6.10 Å². The highest BCUT2D eigenvalue weighted by Gasteiger charge is 2.25. The van der Waals surface area contributed by atoms with Crippen molar-refractivity contribution in [1.82, 2.24) is 15.0 Å². The molecule has 6 nitrogen and oxygen atoms in total. The zero-order valence-corrected chi connectivity index (χ0v) is 15.0. The van der Waals surface area contributed by atoms with Gasteiger partial charge in [-0.1, -0.05) is 34.5 Å². The summed E-state index contributed by atoms with van der Waals surface area (Å²) in [5.74, 6) is 0.177. The van der Waals surface area contributed by atoms with Crippen LogP contribution in [0.25, 0.3) is 0 Å². The number of aryl methyl sites for hydroxylation is 3. The van der Waals surface area contributed by atoms with Gasteiger partial charge in [0.15, 0.2) is 0 Å². The summed E-state index contributed by atoms with van der Waals surface area (Å²) in [6.45, 7) is 9.17. The van der Waals surface area contributed by atoms with E-state index in [1.807, 2.05) is 26.0 Å². The fourth-order valence-electron chi connectivity index (χ4n) is 3.31. The Morgan fingerprint density at radius 2 is 1.76 bits per heavy atom. The quantitative estimate of drug-likeness (QED) is 0.920. The Labute approximate surface area is 148 Å². The lowest BCUT2D eigenvalue weighted by Gasteiger charge is -2.35. The highest BCUT2D eigenvalue weighted by molar-refractivity contribution is 5.91. The minimum absolute atomic E-state index is 0.116. The summed E-state index contributed by atoms with van der Waals surface area (Å²) in [7, 11) is 0. The van der Waals surface area contributed by atoms with E-state index in [1.165, 1.54) is 0 Å². The van der Waals surface area contributed by atoms with Crippen LogP contribution in [0.5, 0.6) is 0 Å². The number of carbonyl (C=O) groups excluding carboxylic acids is 1. The van der Waals surface area contributed by atoms with E-state index in [-0.39, 0.29) is 5.91 Å². The van der Waals surface area contributed by atoms with Gasteiger partial charge in [-0.15, -0.1) is 0 Å². The van der Waals surface area contributed by atoms with Gasteiger partial charge in [-0.05, 0) is 26.3 Å². The van der Waals surface area contributed by atoms with Crippen LogP contribution in [0.2, 0.25) is 0 Å². The first kappa shape index (κ1) is 17.6. The summed E-state index contributed by atoms with van der Waals surface area (Å²) in [6, 6.07) is 7.83. The van der Waals surface area contributed by atoms with Crippen LogP contribution in [0.1, 0.15) is 39.0 Å². The Kier molecular flexibility index (Phi) is 5.20. The summed E-state index contributed by atoms with van der Waals surface area (Å²) < 4.78 is 5.06. The second-order valence-electron chi connectivity index (χ2n) is 6.86. The summed E-state index contributed by atoms with van der Waals surface area (Å²) in [4.78, 5) is 16.3. The van der Waals surface area contributed by atoms with Gasteiger partial charge in [-0.25, -0.2) is 0 Å². The third-order valence-corrected chi connectivity index (χ3v) is 4.56. The molecule has 1 N–H and O–H groups in total. The zero-order chi connectivity index (χ0) is 18.0. The molecule has 1 aliphatic heterocycles. The fourth-order valence-corrected chi connectivity index (χ4v) is 3.31. The minimum Gasteiger partial charge on any atom is -0.387 e. The van der Waals surface area contributed by atoms with Gasteiger partial charge in [-0.2, -0.15) is 0 Å². The van der Waals surface area contributed by atoms with Crippen molar-refractivity contribution in [1.29, 1.82) is 0 Å². The van der Waals surface area contributed by atoms with Crippen LogP contribution in [0, 0.1) is 20.8 Å². The van der Waals surface area contributed by atoms with Crippen LogP contribution in [0.4, 0.5) is 0 Å². The lowest BCUT2D eigenvalue weighted by molar-refractivity contribution is 0.0496. The van der Waals surface area contributed by atoms with Crippen molar-refractivity contribution in [3.63, 3.8) is 0 Å². The molecule has 1 fully saturated rings. The summed E-state index contributed by atoms with van der Waals surface area (Å²) in [5.41, 5.74) is 3.98. The van der Waals surface area contributed by atoms with E-state index >= 15 is 0 Å². The molecule has 1 amide bonds. The van der Waals surface area contributed by atoms with E-state index in [2.05, 4.69) is 16.1 Å². The Bertz CT molecular complexity index is 728. The number of hydrogen-bond donors (Lipinski definition) is 1. The first-order valence-electron chi connectivity index (χ1n) is 8.63. The maximum Gasteiger partial charge on any atom is 0.292 e. The van der Waals surface area contributed by atoms with Gasteiger partial charge in [0.25, 0.3) is 5.91 Å².